The summed E-state index contributed by atoms with van der Waals surface area (Å²) in [7, 11) is 0. The molecule has 1 aromatic carbocycles. The van der Waals surface area contributed by atoms with Crippen LogP contribution < -0.4 is 0 Å². The topological polar surface area (TPSA) is 46.1 Å². The third-order valence-electron chi connectivity index (χ3n) is 4.49. The van der Waals surface area contributed by atoms with Crippen LogP contribution in [-0.2, 0) is 6.54 Å². The lowest BCUT2D eigenvalue weighted by Gasteiger charge is -2.23. The van der Waals surface area contributed by atoms with Crippen LogP contribution in [0.15, 0.2) is 48.8 Å². The van der Waals surface area contributed by atoms with Gasteiger partial charge in [-0.2, -0.15) is 0 Å². The van der Waals surface area contributed by atoms with Crippen molar-refractivity contribution in [1.29, 1.82) is 0 Å². The first-order valence-electron chi connectivity index (χ1n) is 9.31. The van der Waals surface area contributed by atoms with Gasteiger partial charge >= 0.3 is 0 Å². The average Bonchev–Trinajstić information content (AvgIpc) is 3.03. The molecular weight excluding hydrogens is 354 g/mol. The molecule has 1 amide bonds. The van der Waals surface area contributed by atoms with Crippen LogP contribution in [0.4, 0.5) is 0 Å². The predicted octanol–water partition coefficient (Wildman–Crippen LogP) is 5.26. The van der Waals surface area contributed by atoms with Crippen molar-refractivity contribution < 1.29 is 4.79 Å². The van der Waals surface area contributed by atoms with Crippen LogP contribution in [-0.4, -0.2) is 27.3 Å². The van der Waals surface area contributed by atoms with E-state index in [4.69, 9.17) is 0 Å². The molecular formula is C22H25N3OS. The number of carbonyl (C=O) groups excluding carboxylic acids is 1. The third-order valence-corrected chi connectivity index (χ3v) is 5.61. The molecule has 0 aliphatic carbocycles. The molecule has 0 radical (unpaired) electrons. The zero-order chi connectivity index (χ0) is 19.2. The minimum atomic E-state index is 0.0732. The van der Waals surface area contributed by atoms with Crippen LogP contribution in [0.5, 0.6) is 0 Å². The van der Waals surface area contributed by atoms with Gasteiger partial charge in [-0.05, 0) is 55.7 Å². The largest absolute Gasteiger partial charge is 0.334 e. The summed E-state index contributed by atoms with van der Waals surface area (Å²) in [5, 5.41) is 1.06. The number of hydrogen-bond donors (Lipinski definition) is 0. The minimum Gasteiger partial charge on any atom is -0.334 e. The molecule has 0 bridgehead atoms. The Morgan fingerprint density at radius 1 is 1.07 bits per heavy atom. The fraction of sp³-hybridized carbons (Fsp3) is 0.318. The highest BCUT2D eigenvalue weighted by atomic mass is 32.1. The maximum absolute atomic E-state index is 13.1. The van der Waals surface area contributed by atoms with E-state index in [0.29, 0.717) is 6.54 Å². The molecule has 0 unspecified atom stereocenters. The Bertz CT molecular complexity index is 888. The quantitative estimate of drug-likeness (QED) is 0.562. The number of thiazole rings is 1. The van der Waals surface area contributed by atoms with Crippen LogP contribution in [0.2, 0.25) is 0 Å². The van der Waals surface area contributed by atoms with Crippen molar-refractivity contribution in [2.45, 2.75) is 40.2 Å². The smallest absolute Gasteiger partial charge is 0.254 e. The Labute approximate surface area is 164 Å². The molecule has 5 heteroatoms. The van der Waals surface area contributed by atoms with E-state index in [0.717, 1.165) is 46.8 Å². The molecule has 140 valence electrons. The summed E-state index contributed by atoms with van der Waals surface area (Å²) in [5.41, 5.74) is 3.98. The Morgan fingerprint density at radius 3 is 2.37 bits per heavy atom. The normalized spacial score (nSPS) is 10.8. The fourth-order valence-electron chi connectivity index (χ4n) is 3.06. The van der Waals surface area contributed by atoms with E-state index in [-0.39, 0.29) is 5.91 Å². The second-order valence-corrected chi connectivity index (χ2v) is 7.86. The Morgan fingerprint density at radius 2 is 1.78 bits per heavy atom. The van der Waals surface area contributed by atoms with Crippen molar-refractivity contribution in [3.63, 3.8) is 0 Å². The number of hydrogen-bond acceptors (Lipinski definition) is 4. The summed E-state index contributed by atoms with van der Waals surface area (Å²) >= 11 is 1.69. The van der Waals surface area contributed by atoms with E-state index < -0.39 is 0 Å². The number of amides is 1. The first-order chi connectivity index (χ1) is 13.1. The van der Waals surface area contributed by atoms with Gasteiger partial charge in [-0.25, -0.2) is 4.98 Å². The maximum atomic E-state index is 13.1. The summed E-state index contributed by atoms with van der Waals surface area (Å²) in [6.07, 6.45) is 5.59. The zero-order valence-corrected chi connectivity index (χ0v) is 16.9. The van der Waals surface area contributed by atoms with Crippen LogP contribution >= 0.6 is 11.3 Å². The lowest BCUT2D eigenvalue weighted by atomic mass is 10.1. The second kappa shape index (κ2) is 8.91. The van der Waals surface area contributed by atoms with Gasteiger partial charge in [0.1, 0.15) is 0 Å². The van der Waals surface area contributed by atoms with Gasteiger partial charge in [0.2, 0.25) is 0 Å². The molecule has 0 fully saturated rings. The van der Waals surface area contributed by atoms with Crippen molar-refractivity contribution in [3.05, 3.63) is 70.6 Å². The van der Waals surface area contributed by atoms with Crippen molar-refractivity contribution >= 4 is 17.2 Å². The first kappa shape index (κ1) is 19.2. The maximum Gasteiger partial charge on any atom is 0.254 e. The number of unbranched alkanes of at least 4 members (excludes halogenated alkanes) is 1. The van der Waals surface area contributed by atoms with Crippen LogP contribution in [0.25, 0.3) is 10.4 Å². The Kier molecular flexibility index (Phi) is 6.35. The van der Waals surface area contributed by atoms with Crippen molar-refractivity contribution in [3.8, 4) is 10.4 Å². The molecule has 0 saturated heterocycles. The zero-order valence-electron chi connectivity index (χ0n) is 16.1. The summed E-state index contributed by atoms with van der Waals surface area (Å²) in [4.78, 5) is 24.7. The molecule has 2 heterocycles. The van der Waals surface area contributed by atoms with Gasteiger partial charge < -0.3 is 4.90 Å². The molecule has 3 aromatic rings. The van der Waals surface area contributed by atoms with Crippen molar-refractivity contribution in [1.82, 2.24) is 14.9 Å². The van der Waals surface area contributed by atoms with E-state index in [1.165, 1.54) is 4.88 Å². The number of nitrogens with zero attached hydrogens (tertiary/aromatic N) is 3. The van der Waals surface area contributed by atoms with Crippen molar-refractivity contribution in [2.24, 2.45) is 0 Å². The number of aromatic nitrogens is 2. The van der Waals surface area contributed by atoms with E-state index in [1.807, 2.05) is 55.1 Å². The van der Waals surface area contributed by atoms with E-state index in [1.54, 1.807) is 23.7 Å². The lowest BCUT2D eigenvalue weighted by molar-refractivity contribution is 0.0741. The first-order valence-corrected chi connectivity index (χ1v) is 10.1. The molecule has 0 spiro atoms. The molecule has 0 saturated carbocycles. The monoisotopic (exact) mass is 379 g/mol. The minimum absolute atomic E-state index is 0.0732. The number of benzene rings is 1. The molecule has 2 aromatic heterocycles. The molecule has 0 N–H and O–H groups in total. The third kappa shape index (κ3) is 4.80. The van der Waals surface area contributed by atoms with Gasteiger partial charge in [0.25, 0.3) is 5.91 Å². The number of pyridine rings is 1. The predicted molar refractivity (Wildman–Crippen MR) is 111 cm³/mol. The number of rotatable bonds is 7. The lowest BCUT2D eigenvalue weighted by Crippen LogP contribution is -2.31. The van der Waals surface area contributed by atoms with Gasteiger partial charge in [-0.3, -0.25) is 9.78 Å². The SMILES string of the molecule is CCCCN(Cc1ccncc1)C(=O)c1ccc(-c2sc(C)nc2C)cc1. The molecule has 0 aliphatic rings. The van der Waals surface area contributed by atoms with Crippen molar-refractivity contribution in [2.75, 3.05) is 6.54 Å². The van der Waals surface area contributed by atoms with Gasteiger partial charge in [-0.1, -0.05) is 25.5 Å². The average molecular weight is 380 g/mol. The highest BCUT2D eigenvalue weighted by molar-refractivity contribution is 7.15. The highest BCUT2D eigenvalue weighted by Gasteiger charge is 2.16. The van der Waals surface area contributed by atoms with E-state index in [9.17, 15) is 4.79 Å². The van der Waals surface area contributed by atoms with Crippen LogP contribution in [0.3, 0.4) is 0 Å². The molecule has 4 nitrogen and oxygen atoms in total. The summed E-state index contributed by atoms with van der Waals surface area (Å²) in [6, 6.07) is 11.8. The van der Waals surface area contributed by atoms with Crippen LogP contribution in [0, 0.1) is 13.8 Å². The molecule has 0 atom stereocenters. The van der Waals surface area contributed by atoms with Gasteiger partial charge in [-0.15, -0.1) is 11.3 Å². The highest BCUT2D eigenvalue weighted by Crippen LogP contribution is 2.30. The van der Waals surface area contributed by atoms with E-state index in [2.05, 4.69) is 16.9 Å². The molecule has 27 heavy (non-hydrogen) atoms. The summed E-state index contributed by atoms with van der Waals surface area (Å²) in [6.45, 7) is 7.55. The number of carbonyl (C=O) groups is 1. The van der Waals surface area contributed by atoms with Crippen LogP contribution in [0.1, 0.15) is 46.4 Å². The summed E-state index contributed by atoms with van der Waals surface area (Å²) in [5.74, 6) is 0.0732. The van der Waals surface area contributed by atoms with Gasteiger partial charge in [0, 0.05) is 31.0 Å². The molecule has 0 aliphatic heterocycles. The fourth-order valence-corrected chi connectivity index (χ4v) is 3.98. The number of aryl methyl sites for hydroxylation is 2. The Balaban J connectivity index is 1.79. The van der Waals surface area contributed by atoms with Gasteiger partial charge in [0.15, 0.2) is 0 Å². The Hall–Kier alpha value is -2.53. The summed E-state index contributed by atoms with van der Waals surface area (Å²) < 4.78 is 0. The van der Waals surface area contributed by atoms with Gasteiger partial charge in [0.05, 0.1) is 15.6 Å². The standard InChI is InChI=1S/C22H25N3OS/c1-4-5-14-25(15-18-10-12-23-13-11-18)22(26)20-8-6-19(7-9-20)21-16(2)24-17(3)27-21/h6-13H,4-5,14-15H2,1-3H3. The van der Waals surface area contributed by atoms with E-state index >= 15 is 0 Å². The second-order valence-electron chi connectivity index (χ2n) is 6.66. The molecule has 3 rings (SSSR count).